The summed E-state index contributed by atoms with van der Waals surface area (Å²) in [6.45, 7) is 4.93. The highest BCUT2D eigenvalue weighted by atomic mass is 16.5. The third-order valence-corrected chi connectivity index (χ3v) is 4.23. The number of aromatic nitrogens is 1. The van der Waals surface area contributed by atoms with E-state index in [1.54, 1.807) is 0 Å². The number of nitrogens with zero attached hydrogens (tertiary/aromatic N) is 1. The number of ketones is 1. The lowest BCUT2D eigenvalue weighted by Gasteiger charge is -2.25. The second kappa shape index (κ2) is 4.88. The average molecular weight is 247 g/mol. The minimum atomic E-state index is 0.331. The van der Waals surface area contributed by atoms with Gasteiger partial charge in [-0.05, 0) is 38.7 Å². The van der Waals surface area contributed by atoms with Crippen molar-refractivity contribution < 1.29 is 9.53 Å². The molecule has 0 spiro atoms. The number of carbonyl (C=O) groups excluding carboxylic acids is 1. The maximum absolute atomic E-state index is 11.9. The maximum atomic E-state index is 11.9. The first-order chi connectivity index (χ1) is 8.75. The molecule has 1 unspecified atom stereocenters. The van der Waals surface area contributed by atoms with Crippen LogP contribution in [-0.2, 0) is 17.7 Å². The van der Waals surface area contributed by atoms with E-state index in [-0.39, 0.29) is 0 Å². The Morgan fingerprint density at radius 2 is 2.28 bits per heavy atom. The minimum absolute atomic E-state index is 0.331. The molecule has 0 amide bonds. The molecule has 0 N–H and O–H groups in total. The number of aryl methyl sites for hydroxylation is 1. The average Bonchev–Trinajstić information content (AvgIpc) is 2.70. The summed E-state index contributed by atoms with van der Waals surface area (Å²) in [6, 6.07) is 2.08. The van der Waals surface area contributed by atoms with Gasteiger partial charge in [-0.3, -0.25) is 4.79 Å². The molecule has 3 nitrogen and oxygen atoms in total. The van der Waals surface area contributed by atoms with E-state index >= 15 is 0 Å². The van der Waals surface area contributed by atoms with Crippen LogP contribution in [0.15, 0.2) is 6.07 Å². The highest BCUT2D eigenvalue weighted by Gasteiger charge is 2.24. The molecule has 18 heavy (non-hydrogen) atoms. The third-order valence-electron chi connectivity index (χ3n) is 4.23. The second-order valence-corrected chi connectivity index (χ2v) is 5.62. The first-order valence-corrected chi connectivity index (χ1v) is 7.05. The summed E-state index contributed by atoms with van der Waals surface area (Å²) < 4.78 is 7.92. The number of rotatable bonds is 2. The van der Waals surface area contributed by atoms with Crippen LogP contribution in [0, 0.1) is 12.8 Å². The summed E-state index contributed by atoms with van der Waals surface area (Å²) in [5, 5.41) is 0. The van der Waals surface area contributed by atoms with E-state index in [9.17, 15) is 4.79 Å². The zero-order valence-electron chi connectivity index (χ0n) is 11.1. The molecule has 1 atom stereocenters. The molecule has 0 saturated carbocycles. The molecule has 1 saturated heterocycles. The van der Waals surface area contributed by atoms with Crippen molar-refractivity contribution in [3.05, 3.63) is 23.0 Å². The SMILES string of the molecule is Cc1cc2c(n1CC1CCCOC1)CCCC2=O. The van der Waals surface area contributed by atoms with Crippen LogP contribution >= 0.6 is 0 Å². The van der Waals surface area contributed by atoms with Gasteiger partial charge in [0, 0.05) is 42.4 Å². The van der Waals surface area contributed by atoms with Crippen molar-refractivity contribution in [2.45, 2.75) is 45.6 Å². The molecular formula is C15H21NO2. The lowest BCUT2D eigenvalue weighted by atomic mass is 9.96. The molecule has 1 aliphatic carbocycles. The van der Waals surface area contributed by atoms with Gasteiger partial charge in [-0.2, -0.15) is 0 Å². The first-order valence-electron chi connectivity index (χ1n) is 7.05. The van der Waals surface area contributed by atoms with Gasteiger partial charge in [0.15, 0.2) is 5.78 Å². The topological polar surface area (TPSA) is 31.2 Å². The lowest BCUT2D eigenvalue weighted by Crippen LogP contribution is -2.24. The molecule has 1 fully saturated rings. The van der Waals surface area contributed by atoms with Crippen LogP contribution in [0.5, 0.6) is 0 Å². The fourth-order valence-corrected chi connectivity index (χ4v) is 3.25. The van der Waals surface area contributed by atoms with Gasteiger partial charge in [0.05, 0.1) is 6.61 Å². The van der Waals surface area contributed by atoms with Gasteiger partial charge < -0.3 is 9.30 Å². The van der Waals surface area contributed by atoms with E-state index in [1.165, 1.54) is 24.2 Å². The Morgan fingerprint density at radius 3 is 3.06 bits per heavy atom. The van der Waals surface area contributed by atoms with Crippen LogP contribution < -0.4 is 0 Å². The van der Waals surface area contributed by atoms with Crippen molar-refractivity contribution in [1.82, 2.24) is 4.57 Å². The van der Waals surface area contributed by atoms with E-state index in [2.05, 4.69) is 17.6 Å². The second-order valence-electron chi connectivity index (χ2n) is 5.62. The summed E-state index contributed by atoms with van der Waals surface area (Å²) in [5.74, 6) is 0.948. The van der Waals surface area contributed by atoms with Crippen molar-refractivity contribution in [3.8, 4) is 0 Å². The Bertz CT molecular complexity index is 455. The number of ether oxygens (including phenoxy) is 1. The molecule has 0 bridgehead atoms. The van der Waals surface area contributed by atoms with Gasteiger partial charge in [-0.25, -0.2) is 0 Å². The van der Waals surface area contributed by atoms with Crippen LogP contribution in [0.3, 0.4) is 0 Å². The predicted octanol–water partition coefficient (Wildman–Crippen LogP) is 2.74. The first kappa shape index (κ1) is 12.0. The van der Waals surface area contributed by atoms with E-state index in [0.29, 0.717) is 11.7 Å². The Balaban J connectivity index is 1.85. The zero-order valence-corrected chi connectivity index (χ0v) is 11.1. The summed E-state index contributed by atoms with van der Waals surface area (Å²) in [7, 11) is 0. The standard InChI is InChI=1S/C15H21NO2/c1-11-8-13-14(5-2-6-15(13)17)16(11)9-12-4-3-7-18-10-12/h8,12H,2-7,9-10H2,1H3. The van der Waals surface area contributed by atoms with Crippen molar-refractivity contribution in [2.24, 2.45) is 5.92 Å². The number of fused-ring (bicyclic) bond motifs is 1. The number of hydrogen-bond donors (Lipinski definition) is 0. The predicted molar refractivity (Wildman–Crippen MR) is 70.0 cm³/mol. The largest absolute Gasteiger partial charge is 0.381 e. The maximum Gasteiger partial charge on any atom is 0.164 e. The minimum Gasteiger partial charge on any atom is -0.381 e. The van der Waals surface area contributed by atoms with Crippen LogP contribution in [0.4, 0.5) is 0 Å². The normalized spacial score (nSPS) is 24.1. The Morgan fingerprint density at radius 1 is 1.39 bits per heavy atom. The quantitative estimate of drug-likeness (QED) is 0.804. The Labute approximate surface area is 108 Å². The molecular weight excluding hydrogens is 226 g/mol. The number of carbonyl (C=O) groups is 1. The van der Waals surface area contributed by atoms with E-state index in [1.807, 2.05) is 0 Å². The summed E-state index contributed by atoms with van der Waals surface area (Å²) in [5.41, 5.74) is 3.49. The smallest absolute Gasteiger partial charge is 0.164 e. The molecule has 0 aromatic carbocycles. The van der Waals surface area contributed by atoms with E-state index in [0.717, 1.165) is 44.6 Å². The van der Waals surface area contributed by atoms with Gasteiger partial charge in [0.2, 0.25) is 0 Å². The third kappa shape index (κ3) is 2.12. The summed E-state index contributed by atoms with van der Waals surface area (Å²) in [4.78, 5) is 11.9. The molecule has 0 radical (unpaired) electrons. The van der Waals surface area contributed by atoms with E-state index < -0.39 is 0 Å². The van der Waals surface area contributed by atoms with Gasteiger partial charge in [0.1, 0.15) is 0 Å². The van der Waals surface area contributed by atoms with Gasteiger partial charge in [-0.1, -0.05) is 0 Å². The van der Waals surface area contributed by atoms with Crippen LogP contribution in [-0.4, -0.2) is 23.6 Å². The molecule has 2 aliphatic rings. The Hall–Kier alpha value is -1.09. The molecule has 1 aromatic rings. The molecule has 3 rings (SSSR count). The van der Waals surface area contributed by atoms with Crippen molar-refractivity contribution in [1.29, 1.82) is 0 Å². The van der Waals surface area contributed by atoms with Gasteiger partial charge >= 0.3 is 0 Å². The molecule has 3 heteroatoms. The molecule has 2 heterocycles. The van der Waals surface area contributed by atoms with Crippen LogP contribution in [0.25, 0.3) is 0 Å². The molecule has 1 aliphatic heterocycles. The van der Waals surface area contributed by atoms with Crippen molar-refractivity contribution in [3.63, 3.8) is 0 Å². The zero-order chi connectivity index (χ0) is 12.5. The Kier molecular flexibility index (Phi) is 3.25. The lowest BCUT2D eigenvalue weighted by molar-refractivity contribution is 0.0479. The fourth-order valence-electron chi connectivity index (χ4n) is 3.25. The van der Waals surface area contributed by atoms with Crippen LogP contribution in [0.1, 0.15) is 47.4 Å². The van der Waals surface area contributed by atoms with Crippen molar-refractivity contribution >= 4 is 5.78 Å². The number of hydrogen-bond acceptors (Lipinski definition) is 2. The number of Topliss-reactive ketones (excluding diaryl/α,β-unsaturated/α-hetero) is 1. The van der Waals surface area contributed by atoms with Crippen molar-refractivity contribution in [2.75, 3.05) is 13.2 Å². The highest BCUT2D eigenvalue weighted by Crippen LogP contribution is 2.27. The summed E-state index contributed by atoms with van der Waals surface area (Å²) >= 11 is 0. The molecule has 98 valence electrons. The van der Waals surface area contributed by atoms with Gasteiger partial charge in [0.25, 0.3) is 0 Å². The summed E-state index contributed by atoms with van der Waals surface area (Å²) in [6.07, 6.45) is 5.22. The fraction of sp³-hybridized carbons (Fsp3) is 0.667. The monoisotopic (exact) mass is 247 g/mol. The highest BCUT2D eigenvalue weighted by molar-refractivity contribution is 5.98. The molecule has 1 aromatic heterocycles. The van der Waals surface area contributed by atoms with E-state index in [4.69, 9.17) is 4.74 Å². The van der Waals surface area contributed by atoms with Crippen LogP contribution in [0.2, 0.25) is 0 Å². The van der Waals surface area contributed by atoms with Gasteiger partial charge in [-0.15, -0.1) is 0 Å².